The van der Waals surface area contributed by atoms with Crippen molar-refractivity contribution < 1.29 is 12.8 Å². The molecule has 0 saturated heterocycles. The summed E-state index contributed by atoms with van der Waals surface area (Å²) in [5, 5.41) is 0. The first-order valence-electron chi connectivity index (χ1n) is 7.73. The highest BCUT2D eigenvalue weighted by atomic mass is 32.2. The van der Waals surface area contributed by atoms with Gasteiger partial charge >= 0.3 is 0 Å². The molecule has 0 heterocycles. The summed E-state index contributed by atoms with van der Waals surface area (Å²) in [4.78, 5) is 0.00570. The zero-order valence-corrected chi connectivity index (χ0v) is 14.1. The Bertz CT molecular complexity index is 833. The van der Waals surface area contributed by atoms with Crippen LogP contribution in [0.4, 0.5) is 4.39 Å². The van der Waals surface area contributed by atoms with Crippen molar-refractivity contribution in [1.29, 1.82) is 0 Å². The van der Waals surface area contributed by atoms with E-state index in [4.69, 9.17) is 0 Å². The Morgan fingerprint density at radius 2 is 1.91 bits per heavy atom. The van der Waals surface area contributed by atoms with Crippen LogP contribution in [0.1, 0.15) is 35.6 Å². The maximum atomic E-state index is 13.8. The molecular weight excluding hydrogens is 313 g/mol. The molecular formula is C18H20FNO2S. The zero-order valence-electron chi connectivity index (χ0n) is 13.3. The summed E-state index contributed by atoms with van der Waals surface area (Å²) in [7, 11) is -2.14. The fraction of sp³-hybridized carbons (Fsp3) is 0.333. The molecule has 0 bridgehead atoms. The summed E-state index contributed by atoms with van der Waals surface area (Å²) in [5.41, 5.74) is 2.69. The van der Waals surface area contributed by atoms with Crippen LogP contribution in [-0.4, -0.2) is 19.8 Å². The topological polar surface area (TPSA) is 37.4 Å². The minimum Gasteiger partial charge on any atom is -0.207 e. The number of hydrogen-bond acceptors (Lipinski definition) is 2. The van der Waals surface area contributed by atoms with Crippen LogP contribution < -0.4 is 0 Å². The predicted octanol–water partition coefficient (Wildman–Crippen LogP) is 3.83. The fourth-order valence-corrected chi connectivity index (χ4v) is 4.55. The maximum absolute atomic E-state index is 13.8. The lowest BCUT2D eigenvalue weighted by atomic mass is 9.88. The van der Waals surface area contributed by atoms with Crippen molar-refractivity contribution in [3.8, 4) is 0 Å². The lowest BCUT2D eigenvalue weighted by molar-refractivity contribution is 0.337. The molecule has 2 aromatic rings. The maximum Gasteiger partial charge on any atom is 0.243 e. The summed E-state index contributed by atoms with van der Waals surface area (Å²) >= 11 is 0. The molecule has 0 radical (unpaired) electrons. The second-order valence-electron chi connectivity index (χ2n) is 6.04. The molecule has 0 spiro atoms. The van der Waals surface area contributed by atoms with Crippen LogP contribution in [0.3, 0.4) is 0 Å². The minimum absolute atomic E-state index is 0.00570. The van der Waals surface area contributed by atoms with Crippen LogP contribution in [-0.2, 0) is 16.4 Å². The lowest BCUT2D eigenvalue weighted by Crippen LogP contribution is -2.33. The number of nitrogens with zero attached hydrogens (tertiary/aromatic N) is 1. The van der Waals surface area contributed by atoms with Crippen LogP contribution in [0.25, 0.3) is 0 Å². The van der Waals surface area contributed by atoms with E-state index in [1.54, 1.807) is 14.0 Å². The number of sulfonamides is 1. The Morgan fingerprint density at radius 1 is 1.17 bits per heavy atom. The van der Waals surface area contributed by atoms with Crippen molar-refractivity contribution in [3.05, 3.63) is 65.0 Å². The van der Waals surface area contributed by atoms with Crippen molar-refractivity contribution in [2.75, 3.05) is 7.05 Å². The highest BCUT2D eigenvalue weighted by molar-refractivity contribution is 7.89. The molecule has 5 heteroatoms. The van der Waals surface area contributed by atoms with Gasteiger partial charge in [0.1, 0.15) is 5.82 Å². The Morgan fingerprint density at radius 3 is 2.65 bits per heavy atom. The van der Waals surface area contributed by atoms with Crippen molar-refractivity contribution in [3.63, 3.8) is 0 Å². The van der Waals surface area contributed by atoms with Crippen molar-refractivity contribution in [2.45, 2.75) is 37.1 Å². The molecule has 0 N–H and O–H groups in total. The van der Waals surface area contributed by atoms with Gasteiger partial charge in [0.2, 0.25) is 10.0 Å². The van der Waals surface area contributed by atoms with E-state index in [1.165, 1.54) is 22.0 Å². The monoisotopic (exact) mass is 333 g/mol. The third-order valence-corrected chi connectivity index (χ3v) is 6.46. The SMILES string of the molecule is Cc1ccc(S(=O)(=O)N(C)C2CCCc3ccccc32)cc1F. The third kappa shape index (κ3) is 2.91. The summed E-state index contributed by atoms with van der Waals surface area (Å²) in [6.07, 6.45) is 2.70. The normalized spacial score (nSPS) is 18.0. The van der Waals surface area contributed by atoms with E-state index in [-0.39, 0.29) is 10.9 Å². The van der Waals surface area contributed by atoms with E-state index in [9.17, 15) is 12.8 Å². The zero-order chi connectivity index (χ0) is 16.6. The van der Waals surface area contributed by atoms with Gasteiger partial charge in [-0.2, -0.15) is 4.31 Å². The number of fused-ring (bicyclic) bond motifs is 1. The molecule has 122 valence electrons. The standard InChI is InChI=1S/C18H20FNO2S/c1-13-10-11-15(12-17(13)19)23(21,22)20(2)18-9-5-7-14-6-3-4-8-16(14)18/h3-4,6,8,10-12,18H,5,7,9H2,1-2H3. The molecule has 23 heavy (non-hydrogen) atoms. The van der Waals surface area contributed by atoms with E-state index in [0.717, 1.165) is 30.9 Å². The first-order valence-corrected chi connectivity index (χ1v) is 9.17. The van der Waals surface area contributed by atoms with Crippen LogP contribution >= 0.6 is 0 Å². The average molecular weight is 333 g/mol. The number of hydrogen-bond donors (Lipinski definition) is 0. The average Bonchev–Trinajstić information content (AvgIpc) is 2.56. The van der Waals surface area contributed by atoms with Crippen LogP contribution in [0.5, 0.6) is 0 Å². The van der Waals surface area contributed by atoms with Gasteiger partial charge in [0.15, 0.2) is 0 Å². The van der Waals surface area contributed by atoms with Crippen LogP contribution in [0.2, 0.25) is 0 Å². The highest BCUT2D eigenvalue weighted by Crippen LogP contribution is 2.36. The Kier molecular flexibility index (Phi) is 4.25. The number of rotatable bonds is 3. The van der Waals surface area contributed by atoms with Gasteiger partial charge in [-0.1, -0.05) is 30.3 Å². The Balaban J connectivity index is 1.99. The summed E-state index contributed by atoms with van der Waals surface area (Å²) in [6, 6.07) is 11.8. The van der Waals surface area contributed by atoms with Gasteiger partial charge in [-0.05, 0) is 55.0 Å². The molecule has 1 aliphatic carbocycles. The molecule has 1 atom stereocenters. The van der Waals surface area contributed by atoms with E-state index in [2.05, 4.69) is 0 Å². The Hall–Kier alpha value is -1.72. The first-order chi connectivity index (χ1) is 10.9. The van der Waals surface area contributed by atoms with Gasteiger partial charge < -0.3 is 0 Å². The van der Waals surface area contributed by atoms with Gasteiger partial charge in [-0.3, -0.25) is 0 Å². The van der Waals surface area contributed by atoms with Crippen molar-refractivity contribution in [2.24, 2.45) is 0 Å². The second kappa shape index (κ2) is 6.06. The molecule has 3 rings (SSSR count). The molecule has 0 saturated carbocycles. The lowest BCUT2D eigenvalue weighted by Gasteiger charge is -2.32. The predicted molar refractivity (Wildman–Crippen MR) is 88.2 cm³/mol. The number of halogens is 1. The highest BCUT2D eigenvalue weighted by Gasteiger charge is 2.32. The number of benzene rings is 2. The summed E-state index contributed by atoms with van der Waals surface area (Å²) < 4.78 is 40.9. The quantitative estimate of drug-likeness (QED) is 0.856. The molecule has 0 fully saturated rings. The first kappa shape index (κ1) is 16.1. The van der Waals surface area contributed by atoms with Crippen LogP contribution in [0.15, 0.2) is 47.4 Å². The molecule has 0 aromatic heterocycles. The Labute approximate surface area is 136 Å². The van der Waals surface area contributed by atoms with Crippen molar-refractivity contribution >= 4 is 10.0 Å². The molecule has 0 amide bonds. The van der Waals surface area contributed by atoms with E-state index < -0.39 is 15.8 Å². The molecule has 3 nitrogen and oxygen atoms in total. The third-order valence-electron chi connectivity index (χ3n) is 4.60. The smallest absolute Gasteiger partial charge is 0.207 e. The fourth-order valence-electron chi connectivity index (χ4n) is 3.17. The van der Waals surface area contributed by atoms with Gasteiger partial charge in [-0.25, -0.2) is 12.8 Å². The van der Waals surface area contributed by atoms with E-state index in [1.807, 2.05) is 24.3 Å². The summed E-state index contributed by atoms with van der Waals surface area (Å²) in [5.74, 6) is -0.497. The minimum atomic E-state index is -3.73. The van der Waals surface area contributed by atoms with Gasteiger partial charge in [0.25, 0.3) is 0 Å². The molecule has 1 unspecified atom stereocenters. The van der Waals surface area contributed by atoms with Crippen molar-refractivity contribution in [1.82, 2.24) is 4.31 Å². The van der Waals surface area contributed by atoms with E-state index >= 15 is 0 Å². The van der Waals surface area contributed by atoms with Crippen LogP contribution in [0, 0.1) is 12.7 Å². The summed E-state index contributed by atoms with van der Waals surface area (Å²) in [6.45, 7) is 1.62. The number of aryl methyl sites for hydroxylation is 2. The van der Waals surface area contributed by atoms with Gasteiger partial charge in [0, 0.05) is 13.1 Å². The van der Waals surface area contributed by atoms with Gasteiger partial charge in [-0.15, -0.1) is 0 Å². The second-order valence-corrected chi connectivity index (χ2v) is 8.04. The molecule has 1 aliphatic rings. The molecule has 2 aromatic carbocycles. The largest absolute Gasteiger partial charge is 0.243 e. The van der Waals surface area contributed by atoms with E-state index in [0.29, 0.717) is 5.56 Å². The van der Waals surface area contributed by atoms with Gasteiger partial charge in [0.05, 0.1) is 4.90 Å². The molecule has 0 aliphatic heterocycles.